The number of benzene rings is 1. The lowest BCUT2D eigenvalue weighted by Gasteiger charge is -2.08. The van der Waals surface area contributed by atoms with E-state index in [2.05, 4.69) is 4.65 Å². The first-order valence-corrected chi connectivity index (χ1v) is 5.39. The molecule has 0 spiro atoms. The van der Waals surface area contributed by atoms with Crippen molar-refractivity contribution in [1.82, 2.24) is 0 Å². The Morgan fingerprint density at radius 3 is 1.40 bits per heavy atom. The van der Waals surface area contributed by atoms with Crippen LogP contribution in [0.25, 0.3) is 0 Å². The van der Waals surface area contributed by atoms with Crippen LogP contribution in [-0.4, -0.2) is 30.6 Å². The zero-order valence-corrected chi connectivity index (χ0v) is 10.6. The van der Waals surface area contributed by atoms with Crippen molar-refractivity contribution in [2.24, 2.45) is 0 Å². The van der Waals surface area contributed by atoms with Gasteiger partial charge in [0.05, 0.1) is 0 Å². The Kier molecular flexibility index (Phi) is 8.12. The van der Waals surface area contributed by atoms with Crippen LogP contribution in [0.1, 0.15) is 13.8 Å². The average molecular weight is 302 g/mol. The van der Waals surface area contributed by atoms with Crippen molar-refractivity contribution < 1.29 is 41.4 Å². The Bertz CT molecular complexity index is 413. The van der Waals surface area contributed by atoms with Crippen LogP contribution in [0.3, 0.4) is 0 Å². The molecule has 20 heavy (non-hydrogen) atoms. The van der Waals surface area contributed by atoms with Crippen LogP contribution in [0, 0.1) is 29.1 Å². The zero-order chi connectivity index (χ0) is 15.9. The third-order valence-electron chi connectivity index (χ3n) is 1.80. The average Bonchev–Trinajstić information content (AvgIpc) is 2.40. The van der Waals surface area contributed by atoms with E-state index in [1.54, 1.807) is 0 Å². The molecule has 4 nitrogen and oxygen atoms in total. The maximum absolute atomic E-state index is 12.7. The molecule has 1 rings (SSSR count). The molecule has 0 amide bonds. The summed E-state index contributed by atoms with van der Waals surface area (Å²) in [5, 5.41) is 16.3. The van der Waals surface area contributed by atoms with E-state index in [4.69, 9.17) is 14.8 Å². The maximum atomic E-state index is 12.7. The van der Waals surface area contributed by atoms with Crippen LogP contribution in [0.4, 0.5) is 22.0 Å². The highest BCUT2D eigenvalue weighted by molar-refractivity contribution is 6.33. The highest BCUT2D eigenvalue weighted by Gasteiger charge is 2.29. The molecule has 0 aliphatic rings. The summed E-state index contributed by atoms with van der Waals surface area (Å²) in [4.78, 5) is 0. The fourth-order valence-electron chi connectivity index (χ4n) is 0.998. The first-order chi connectivity index (χ1) is 9.27. The standard InChI is InChI=1S/C6H2BF5O3.C4H10O/c8-1-2(9)4(11)6(15-7(13)14)5(12)3(1)10;1-3-5-4-2/h13-14H;3-4H2,1-2H3. The summed E-state index contributed by atoms with van der Waals surface area (Å²) >= 11 is 0. The largest absolute Gasteiger partial charge is 0.707 e. The molecule has 0 heterocycles. The van der Waals surface area contributed by atoms with E-state index in [0.717, 1.165) is 13.2 Å². The van der Waals surface area contributed by atoms with E-state index >= 15 is 0 Å². The highest BCUT2D eigenvalue weighted by Crippen LogP contribution is 2.28. The first kappa shape index (κ1) is 18.6. The Morgan fingerprint density at radius 1 is 0.800 bits per heavy atom. The van der Waals surface area contributed by atoms with Gasteiger partial charge in [0, 0.05) is 13.2 Å². The number of hydrogen-bond acceptors (Lipinski definition) is 4. The molecule has 0 aliphatic heterocycles. The lowest BCUT2D eigenvalue weighted by Crippen LogP contribution is -2.23. The minimum atomic E-state index is -2.70. The van der Waals surface area contributed by atoms with Crippen molar-refractivity contribution >= 4 is 7.32 Å². The SMILES string of the molecule is CCOCC.OB(O)Oc1c(F)c(F)c(F)c(F)c1F. The lowest BCUT2D eigenvalue weighted by atomic mass is 10.2. The normalized spacial score (nSPS) is 9.85. The molecule has 0 saturated heterocycles. The van der Waals surface area contributed by atoms with Gasteiger partial charge in [-0.15, -0.1) is 0 Å². The molecule has 0 aromatic heterocycles. The van der Waals surface area contributed by atoms with Crippen molar-refractivity contribution in [3.63, 3.8) is 0 Å². The van der Waals surface area contributed by atoms with E-state index in [1.807, 2.05) is 13.8 Å². The third kappa shape index (κ3) is 4.95. The van der Waals surface area contributed by atoms with Crippen LogP contribution in [0.15, 0.2) is 0 Å². The molecule has 0 aliphatic carbocycles. The molecule has 0 atom stereocenters. The van der Waals surface area contributed by atoms with Crippen molar-refractivity contribution in [3.8, 4) is 5.75 Å². The summed E-state index contributed by atoms with van der Waals surface area (Å²) in [5.41, 5.74) is 0. The first-order valence-electron chi connectivity index (χ1n) is 5.39. The molecule has 2 N–H and O–H groups in total. The van der Waals surface area contributed by atoms with E-state index < -0.39 is 42.2 Å². The van der Waals surface area contributed by atoms with E-state index in [-0.39, 0.29) is 0 Å². The van der Waals surface area contributed by atoms with Crippen LogP contribution in [-0.2, 0) is 4.74 Å². The van der Waals surface area contributed by atoms with Crippen LogP contribution in [0.2, 0.25) is 0 Å². The molecule has 1 aromatic rings. The summed E-state index contributed by atoms with van der Waals surface area (Å²) in [6, 6.07) is 0. The molecular weight excluding hydrogens is 290 g/mol. The number of halogens is 5. The fraction of sp³-hybridized carbons (Fsp3) is 0.400. The van der Waals surface area contributed by atoms with Gasteiger partial charge in [-0.3, -0.25) is 0 Å². The molecule has 0 bridgehead atoms. The second kappa shape index (κ2) is 8.72. The fourth-order valence-corrected chi connectivity index (χ4v) is 0.998. The monoisotopic (exact) mass is 302 g/mol. The second-order valence-electron chi connectivity index (χ2n) is 3.12. The number of hydrogen-bond donors (Lipinski definition) is 2. The summed E-state index contributed by atoms with van der Waals surface area (Å²) in [5.74, 6) is -13.1. The molecule has 0 fully saturated rings. The van der Waals surface area contributed by atoms with E-state index in [1.165, 1.54) is 0 Å². The Balaban J connectivity index is 0.000000621. The van der Waals surface area contributed by atoms with Crippen molar-refractivity contribution in [1.29, 1.82) is 0 Å². The molecule has 0 radical (unpaired) electrons. The predicted molar refractivity (Wildman–Crippen MR) is 59.2 cm³/mol. The van der Waals surface area contributed by atoms with Gasteiger partial charge in [-0.1, -0.05) is 0 Å². The maximum Gasteiger partial charge on any atom is 0.707 e. The van der Waals surface area contributed by atoms with Crippen molar-refractivity contribution in [3.05, 3.63) is 29.1 Å². The minimum Gasteiger partial charge on any atom is -0.507 e. The van der Waals surface area contributed by atoms with Crippen LogP contribution in [0.5, 0.6) is 5.75 Å². The van der Waals surface area contributed by atoms with Crippen LogP contribution >= 0.6 is 0 Å². The lowest BCUT2D eigenvalue weighted by molar-refractivity contribution is 0.162. The zero-order valence-electron chi connectivity index (χ0n) is 10.6. The van der Waals surface area contributed by atoms with Crippen molar-refractivity contribution in [2.45, 2.75) is 13.8 Å². The van der Waals surface area contributed by atoms with Gasteiger partial charge in [0.25, 0.3) is 0 Å². The molecule has 10 heteroatoms. The number of ether oxygens (including phenoxy) is 1. The molecule has 0 saturated carbocycles. The molecule has 1 aromatic carbocycles. The van der Waals surface area contributed by atoms with E-state index in [9.17, 15) is 22.0 Å². The van der Waals surface area contributed by atoms with Gasteiger partial charge < -0.3 is 19.4 Å². The summed E-state index contributed by atoms with van der Waals surface area (Å²) in [6.07, 6.45) is 0. The highest BCUT2D eigenvalue weighted by atomic mass is 19.2. The van der Waals surface area contributed by atoms with Gasteiger partial charge in [0.1, 0.15) is 0 Å². The summed E-state index contributed by atoms with van der Waals surface area (Å²) in [6.45, 7) is 5.67. The van der Waals surface area contributed by atoms with E-state index in [0.29, 0.717) is 0 Å². The second-order valence-corrected chi connectivity index (χ2v) is 3.12. The van der Waals surface area contributed by atoms with Gasteiger partial charge in [0.2, 0.25) is 29.1 Å². The smallest absolute Gasteiger partial charge is 0.507 e. The van der Waals surface area contributed by atoms with Gasteiger partial charge in [-0.05, 0) is 13.8 Å². The van der Waals surface area contributed by atoms with Crippen molar-refractivity contribution in [2.75, 3.05) is 13.2 Å². The Labute approximate surface area is 111 Å². The summed E-state index contributed by atoms with van der Waals surface area (Å²) < 4.78 is 71.2. The summed E-state index contributed by atoms with van der Waals surface area (Å²) in [7, 11) is -2.70. The Hall–Kier alpha value is -1.39. The number of rotatable bonds is 4. The van der Waals surface area contributed by atoms with Crippen LogP contribution < -0.4 is 4.65 Å². The predicted octanol–water partition coefficient (Wildman–Crippen LogP) is 1.77. The third-order valence-corrected chi connectivity index (χ3v) is 1.80. The molecular formula is C10H12BF5O4. The van der Waals surface area contributed by atoms with Gasteiger partial charge >= 0.3 is 7.32 Å². The topological polar surface area (TPSA) is 58.9 Å². The molecule has 0 unspecified atom stereocenters. The molecule has 114 valence electrons. The van der Waals surface area contributed by atoms with Gasteiger partial charge in [-0.2, -0.15) is 8.78 Å². The minimum absolute atomic E-state index is 0.844. The quantitative estimate of drug-likeness (QED) is 0.385. The van der Waals surface area contributed by atoms with Gasteiger partial charge in [-0.25, -0.2) is 13.2 Å². The van der Waals surface area contributed by atoms with Gasteiger partial charge in [0.15, 0.2) is 5.75 Å². The Morgan fingerprint density at radius 2 is 1.15 bits per heavy atom.